The minimum absolute atomic E-state index is 0.482. The summed E-state index contributed by atoms with van der Waals surface area (Å²) >= 11 is 3.40. The van der Waals surface area contributed by atoms with Crippen LogP contribution in [0.15, 0.2) is 30.3 Å². The van der Waals surface area contributed by atoms with Crippen molar-refractivity contribution in [2.75, 3.05) is 31.6 Å². The van der Waals surface area contributed by atoms with Crippen LogP contribution >= 0.6 is 15.9 Å². The Kier molecular flexibility index (Phi) is 6.18. The highest BCUT2D eigenvalue weighted by Crippen LogP contribution is 2.14. The number of alkyl halides is 1. The molecule has 2 nitrogen and oxygen atoms in total. The molecule has 0 radical (unpaired) electrons. The number of likely N-dealkylation sites (tertiary alicyclic amines) is 1. The van der Waals surface area contributed by atoms with E-state index in [1.54, 1.807) is 0 Å². The van der Waals surface area contributed by atoms with Crippen LogP contribution in [-0.4, -0.2) is 42.6 Å². The first kappa shape index (κ1) is 14.0. The molecule has 1 aliphatic heterocycles. The van der Waals surface area contributed by atoms with Crippen molar-refractivity contribution in [2.24, 2.45) is 0 Å². The summed E-state index contributed by atoms with van der Waals surface area (Å²) in [5.74, 6) is 0. The van der Waals surface area contributed by atoms with E-state index < -0.39 is 0 Å². The zero-order valence-corrected chi connectivity index (χ0v) is 12.4. The fourth-order valence-corrected chi connectivity index (χ4v) is 2.63. The molecule has 0 saturated carbocycles. The minimum Gasteiger partial charge on any atom is -0.377 e. The average Bonchev–Trinajstić information content (AvgIpc) is 2.45. The summed E-state index contributed by atoms with van der Waals surface area (Å²) in [7, 11) is 0. The summed E-state index contributed by atoms with van der Waals surface area (Å²) in [4.78, 5) is 2.56. The van der Waals surface area contributed by atoms with Gasteiger partial charge in [0.2, 0.25) is 0 Å². The zero-order chi connectivity index (χ0) is 12.6. The van der Waals surface area contributed by atoms with Gasteiger partial charge in [-0.15, -0.1) is 0 Å². The molecule has 0 amide bonds. The third-order valence-electron chi connectivity index (χ3n) is 3.52. The van der Waals surface area contributed by atoms with Gasteiger partial charge in [-0.2, -0.15) is 0 Å². The number of halogens is 1. The van der Waals surface area contributed by atoms with Crippen LogP contribution < -0.4 is 0 Å². The fourth-order valence-electron chi connectivity index (χ4n) is 2.44. The van der Waals surface area contributed by atoms with Crippen molar-refractivity contribution in [3.05, 3.63) is 35.9 Å². The molecular weight excluding hydrogens is 290 g/mol. The minimum atomic E-state index is 0.482. The highest BCUT2D eigenvalue weighted by molar-refractivity contribution is 9.09. The molecule has 0 aliphatic carbocycles. The third kappa shape index (κ3) is 4.71. The molecule has 100 valence electrons. The number of hydrogen-bond acceptors (Lipinski definition) is 2. The Morgan fingerprint density at radius 2 is 1.89 bits per heavy atom. The van der Waals surface area contributed by atoms with E-state index in [0.717, 1.165) is 18.4 Å². The van der Waals surface area contributed by atoms with Crippen LogP contribution in [0.1, 0.15) is 18.4 Å². The van der Waals surface area contributed by atoms with Gasteiger partial charge in [0.05, 0.1) is 12.7 Å². The topological polar surface area (TPSA) is 12.5 Å². The number of nitrogens with zero attached hydrogens (tertiary/aromatic N) is 1. The second-order valence-electron chi connectivity index (χ2n) is 4.84. The molecule has 1 heterocycles. The summed E-state index contributed by atoms with van der Waals surface area (Å²) in [6, 6.07) is 10.7. The smallest absolute Gasteiger partial charge is 0.0599 e. The molecule has 0 unspecified atom stereocenters. The van der Waals surface area contributed by atoms with E-state index in [2.05, 4.69) is 51.2 Å². The Balaban J connectivity index is 1.65. The summed E-state index contributed by atoms with van der Waals surface area (Å²) in [5.41, 5.74) is 1.44. The van der Waals surface area contributed by atoms with E-state index >= 15 is 0 Å². The van der Waals surface area contributed by atoms with Crippen molar-refractivity contribution in [3.63, 3.8) is 0 Å². The Morgan fingerprint density at radius 3 is 2.56 bits per heavy atom. The van der Waals surface area contributed by atoms with Crippen LogP contribution in [0.25, 0.3) is 0 Å². The Labute approximate surface area is 118 Å². The molecule has 0 bridgehead atoms. The van der Waals surface area contributed by atoms with Gasteiger partial charge >= 0.3 is 0 Å². The van der Waals surface area contributed by atoms with Crippen LogP contribution in [0.2, 0.25) is 0 Å². The lowest BCUT2D eigenvalue weighted by Gasteiger charge is -2.31. The van der Waals surface area contributed by atoms with Crippen LogP contribution in [0.5, 0.6) is 0 Å². The monoisotopic (exact) mass is 311 g/mol. The van der Waals surface area contributed by atoms with Crippen molar-refractivity contribution < 1.29 is 4.74 Å². The number of ether oxygens (including phenoxy) is 1. The van der Waals surface area contributed by atoms with Gasteiger partial charge in [-0.1, -0.05) is 46.3 Å². The van der Waals surface area contributed by atoms with Crippen LogP contribution in [0.4, 0.5) is 0 Å². The summed E-state index contributed by atoms with van der Waals surface area (Å²) < 4.78 is 5.77. The first-order valence-electron chi connectivity index (χ1n) is 6.82. The molecule has 1 fully saturated rings. The second kappa shape index (κ2) is 7.93. The molecular formula is C15H22BrNO. The Hall–Kier alpha value is -0.380. The first-order chi connectivity index (χ1) is 8.88. The van der Waals surface area contributed by atoms with E-state index in [1.807, 2.05) is 0 Å². The van der Waals surface area contributed by atoms with Crippen molar-refractivity contribution in [1.29, 1.82) is 0 Å². The molecule has 3 heteroatoms. The number of piperidine rings is 1. The van der Waals surface area contributed by atoms with Gasteiger partial charge in [-0.25, -0.2) is 0 Å². The van der Waals surface area contributed by atoms with E-state index in [9.17, 15) is 0 Å². The molecule has 18 heavy (non-hydrogen) atoms. The van der Waals surface area contributed by atoms with Crippen molar-refractivity contribution in [1.82, 2.24) is 4.90 Å². The molecule has 0 N–H and O–H groups in total. The van der Waals surface area contributed by atoms with Gasteiger partial charge in [0.1, 0.15) is 0 Å². The van der Waals surface area contributed by atoms with Gasteiger partial charge in [0.15, 0.2) is 0 Å². The number of hydrogen-bond donors (Lipinski definition) is 0. The van der Waals surface area contributed by atoms with E-state index in [1.165, 1.54) is 38.0 Å². The van der Waals surface area contributed by atoms with Gasteiger partial charge in [0.25, 0.3) is 0 Å². The highest BCUT2D eigenvalue weighted by Gasteiger charge is 2.18. The summed E-state index contributed by atoms with van der Waals surface area (Å²) in [6.45, 7) is 4.38. The average molecular weight is 312 g/mol. The summed E-state index contributed by atoms with van der Waals surface area (Å²) in [6.07, 6.45) is 4.01. The van der Waals surface area contributed by atoms with Crippen molar-refractivity contribution in [2.45, 2.75) is 25.4 Å². The van der Waals surface area contributed by atoms with Crippen LogP contribution in [-0.2, 0) is 11.2 Å². The first-order valence-corrected chi connectivity index (χ1v) is 7.94. The third-order valence-corrected chi connectivity index (χ3v) is 3.85. The van der Waals surface area contributed by atoms with Crippen molar-refractivity contribution in [3.8, 4) is 0 Å². The van der Waals surface area contributed by atoms with E-state index in [4.69, 9.17) is 4.74 Å². The molecule has 0 aromatic heterocycles. The zero-order valence-electron chi connectivity index (χ0n) is 10.9. The fraction of sp³-hybridized carbons (Fsp3) is 0.600. The normalized spacial score (nSPS) is 18.1. The van der Waals surface area contributed by atoms with Gasteiger partial charge in [-0.3, -0.25) is 0 Å². The maximum absolute atomic E-state index is 5.77. The summed E-state index contributed by atoms with van der Waals surface area (Å²) in [5, 5.41) is 0.946. The van der Waals surface area contributed by atoms with E-state index in [0.29, 0.717) is 6.10 Å². The maximum atomic E-state index is 5.77. The van der Waals surface area contributed by atoms with Gasteiger partial charge in [-0.05, 0) is 24.8 Å². The number of rotatable bonds is 6. The molecule has 1 aromatic rings. The highest BCUT2D eigenvalue weighted by atomic mass is 79.9. The SMILES string of the molecule is BrCCOC1CCN(CCc2ccccc2)CC1. The maximum Gasteiger partial charge on any atom is 0.0599 e. The quantitative estimate of drug-likeness (QED) is 0.749. The molecule has 0 atom stereocenters. The Morgan fingerprint density at radius 1 is 1.17 bits per heavy atom. The molecule has 2 rings (SSSR count). The largest absolute Gasteiger partial charge is 0.377 e. The predicted molar refractivity (Wildman–Crippen MR) is 79.4 cm³/mol. The van der Waals surface area contributed by atoms with Gasteiger partial charge in [0, 0.05) is 25.0 Å². The molecule has 1 aliphatic rings. The molecule has 0 spiro atoms. The predicted octanol–water partition coefficient (Wildman–Crippen LogP) is 3.11. The molecule has 1 saturated heterocycles. The molecule has 1 aromatic carbocycles. The van der Waals surface area contributed by atoms with Crippen LogP contribution in [0, 0.1) is 0 Å². The second-order valence-corrected chi connectivity index (χ2v) is 5.63. The Bertz CT molecular complexity index is 323. The lowest BCUT2D eigenvalue weighted by Crippen LogP contribution is -2.38. The lowest BCUT2D eigenvalue weighted by atomic mass is 10.1. The van der Waals surface area contributed by atoms with Crippen LogP contribution in [0.3, 0.4) is 0 Å². The van der Waals surface area contributed by atoms with Crippen molar-refractivity contribution >= 4 is 15.9 Å². The number of benzene rings is 1. The van der Waals surface area contributed by atoms with Gasteiger partial charge < -0.3 is 9.64 Å². The standard InChI is InChI=1S/C15H22BrNO/c16-9-13-18-15-7-11-17(12-8-15)10-6-14-4-2-1-3-5-14/h1-5,15H,6-13H2. The lowest BCUT2D eigenvalue weighted by molar-refractivity contribution is 0.0162. The van der Waals surface area contributed by atoms with E-state index in [-0.39, 0.29) is 0 Å².